The fourth-order valence-electron chi connectivity index (χ4n) is 2.55. The molecule has 1 aliphatic heterocycles. The fraction of sp³-hybridized carbons (Fsp3) is 0.889. The molecule has 2 heteroatoms. The molecule has 1 heterocycles. The number of hydrogen-bond acceptors (Lipinski definition) is 2. The summed E-state index contributed by atoms with van der Waals surface area (Å²) in [5, 5.41) is 0. The van der Waals surface area contributed by atoms with E-state index in [-0.39, 0.29) is 18.5 Å². The van der Waals surface area contributed by atoms with Gasteiger partial charge in [-0.25, -0.2) is 0 Å². The minimum Gasteiger partial charge on any atom is -0.346 e. The van der Waals surface area contributed by atoms with Crippen LogP contribution in [0, 0.1) is 5.92 Å². The second-order valence-electron chi connectivity index (χ2n) is 6.25. The number of ether oxygens (including phenoxy) is 2. The van der Waals surface area contributed by atoms with Crippen LogP contribution >= 0.6 is 0 Å². The molecule has 0 aliphatic carbocycles. The number of rotatable bonds is 10. The van der Waals surface area contributed by atoms with E-state index in [1.54, 1.807) is 0 Å². The summed E-state index contributed by atoms with van der Waals surface area (Å²) >= 11 is 0. The van der Waals surface area contributed by atoms with Crippen LogP contribution in [-0.2, 0) is 9.47 Å². The monoisotopic (exact) mass is 282 g/mol. The van der Waals surface area contributed by atoms with E-state index in [0.717, 1.165) is 0 Å². The molecular weight excluding hydrogens is 248 g/mol. The number of unbranched alkanes of at least 4 members (excludes halogenated alkanes) is 7. The van der Waals surface area contributed by atoms with Gasteiger partial charge in [0, 0.05) is 5.92 Å². The van der Waals surface area contributed by atoms with Crippen LogP contribution in [0.15, 0.2) is 12.2 Å². The van der Waals surface area contributed by atoms with Crippen LogP contribution in [0.4, 0.5) is 0 Å². The van der Waals surface area contributed by atoms with Crippen molar-refractivity contribution in [3.63, 3.8) is 0 Å². The van der Waals surface area contributed by atoms with E-state index in [4.69, 9.17) is 9.47 Å². The first-order valence-corrected chi connectivity index (χ1v) is 8.62. The van der Waals surface area contributed by atoms with Crippen LogP contribution in [0.2, 0.25) is 0 Å². The molecular formula is C18H34O2. The molecule has 3 atom stereocenters. The van der Waals surface area contributed by atoms with E-state index in [9.17, 15) is 0 Å². The molecule has 118 valence electrons. The van der Waals surface area contributed by atoms with Crippen LogP contribution in [0.25, 0.3) is 0 Å². The zero-order chi connectivity index (χ0) is 14.8. The maximum absolute atomic E-state index is 5.79. The molecule has 0 unspecified atom stereocenters. The zero-order valence-corrected chi connectivity index (χ0v) is 13.9. The Labute approximate surface area is 125 Å². The third-order valence-corrected chi connectivity index (χ3v) is 4.20. The van der Waals surface area contributed by atoms with E-state index in [1.807, 2.05) is 0 Å². The number of hydrogen-bond donors (Lipinski definition) is 0. The second-order valence-corrected chi connectivity index (χ2v) is 6.25. The fourth-order valence-corrected chi connectivity index (χ4v) is 2.55. The first-order chi connectivity index (χ1) is 9.65. The Balaban J connectivity index is 2.01. The van der Waals surface area contributed by atoms with Gasteiger partial charge in [-0.3, -0.25) is 0 Å². The molecule has 1 aliphatic rings. The SMILES string of the molecule is CCCCCCCCC/C=C/[C@H](C)C1O[C@H](C)[C@@H](C)O1. The van der Waals surface area contributed by atoms with E-state index in [1.165, 1.54) is 51.4 Å². The smallest absolute Gasteiger partial charge is 0.164 e. The predicted octanol–water partition coefficient (Wildman–Crippen LogP) is 5.47. The molecule has 0 bridgehead atoms. The topological polar surface area (TPSA) is 18.5 Å². The van der Waals surface area contributed by atoms with Crippen molar-refractivity contribution in [2.75, 3.05) is 0 Å². The summed E-state index contributed by atoms with van der Waals surface area (Å²) < 4.78 is 11.6. The summed E-state index contributed by atoms with van der Waals surface area (Å²) in [6.07, 6.45) is 15.8. The predicted molar refractivity (Wildman–Crippen MR) is 85.8 cm³/mol. The van der Waals surface area contributed by atoms with Crippen molar-refractivity contribution in [2.24, 2.45) is 5.92 Å². The number of allylic oxidation sites excluding steroid dienone is 1. The molecule has 0 spiro atoms. The van der Waals surface area contributed by atoms with Gasteiger partial charge in [0.15, 0.2) is 6.29 Å². The standard InChI is InChI=1S/C18H34O2/c1-5-6-7-8-9-10-11-12-13-14-15(2)18-19-16(3)17(4)20-18/h13-18H,5-12H2,1-4H3/b14-13+/t15-,16+,17+/m0/s1. The van der Waals surface area contributed by atoms with Gasteiger partial charge >= 0.3 is 0 Å². The highest BCUT2D eigenvalue weighted by Crippen LogP contribution is 2.24. The molecule has 0 N–H and O–H groups in total. The van der Waals surface area contributed by atoms with E-state index < -0.39 is 0 Å². The quantitative estimate of drug-likeness (QED) is 0.391. The lowest BCUT2D eigenvalue weighted by molar-refractivity contribution is -0.0849. The van der Waals surface area contributed by atoms with Crippen LogP contribution in [-0.4, -0.2) is 18.5 Å². The molecule has 0 amide bonds. The Morgan fingerprint density at radius 1 is 0.900 bits per heavy atom. The molecule has 0 aromatic rings. The van der Waals surface area contributed by atoms with Crippen molar-refractivity contribution in [1.29, 1.82) is 0 Å². The van der Waals surface area contributed by atoms with Crippen molar-refractivity contribution in [2.45, 2.75) is 97.6 Å². The molecule has 1 fully saturated rings. The third-order valence-electron chi connectivity index (χ3n) is 4.20. The minimum absolute atomic E-state index is 0.0507. The van der Waals surface area contributed by atoms with Crippen LogP contribution in [0.5, 0.6) is 0 Å². The largest absolute Gasteiger partial charge is 0.346 e. The van der Waals surface area contributed by atoms with E-state index in [2.05, 4.69) is 39.8 Å². The van der Waals surface area contributed by atoms with Gasteiger partial charge in [0.2, 0.25) is 0 Å². The average molecular weight is 282 g/mol. The highest BCUT2D eigenvalue weighted by Gasteiger charge is 2.32. The maximum Gasteiger partial charge on any atom is 0.164 e. The van der Waals surface area contributed by atoms with Gasteiger partial charge in [0.25, 0.3) is 0 Å². The normalized spacial score (nSPS) is 25.6. The Bertz CT molecular complexity index is 252. The summed E-state index contributed by atoms with van der Waals surface area (Å²) in [5.74, 6) is 0.354. The van der Waals surface area contributed by atoms with Gasteiger partial charge in [-0.2, -0.15) is 0 Å². The van der Waals surface area contributed by atoms with Gasteiger partial charge in [-0.1, -0.05) is 64.5 Å². The van der Waals surface area contributed by atoms with Crippen LogP contribution in [0.1, 0.15) is 79.1 Å². The van der Waals surface area contributed by atoms with Crippen molar-refractivity contribution < 1.29 is 9.47 Å². The first-order valence-electron chi connectivity index (χ1n) is 8.62. The summed E-state index contributed by atoms with van der Waals surface area (Å²) in [7, 11) is 0. The summed E-state index contributed by atoms with van der Waals surface area (Å²) in [6, 6.07) is 0. The lowest BCUT2D eigenvalue weighted by Gasteiger charge is -2.14. The highest BCUT2D eigenvalue weighted by atomic mass is 16.7. The van der Waals surface area contributed by atoms with Crippen molar-refractivity contribution >= 4 is 0 Å². The second kappa shape index (κ2) is 10.4. The molecule has 0 radical (unpaired) electrons. The Morgan fingerprint density at radius 3 is 2.05 bits per heavy atom. The van der Waals surface area contributed by atoms with Gasteiger partial charge < -0.3 is 9.47 Å². The van der Waals surface area contributed by atoms with Crippen molar-refractivity contribution in [3.8, 4) is 0 Å². The molecule has 0 aromatic heterocycles. The lowest BCUT2D eigenvalue weighted by Crippen LogP contribution is -2.17. The first kappa shape index (κ1) is 17.7. The maximum atomic E-state index is 5.79. The van der Waals surface area contributed by atoms with E-state index in [0.29, 0.717) is 5.92 Å². The third kappa shape index (κ3) is 6.90. The minimum atomic E-state index is -0.0507. The average Bonchev–Trinajstić information content (AvgIpc) is 2.77. The van der Waals surface area contributed by atoms with Crippen LogP contribution < -0.4 is 0 Å². The summed E-state index contributed by atoms with van der Waals surface area (Å²) in [6.45, 7) is 8.61. The van der Waals surface area contributed by atoms with Crippen molar-refractivity contribution in [1.82, 2.24) is 0 Å². The van der Waals surface area contributed by atoms with Gasteiger partial charge in [-0.15, -0.1) is 0 Å². The van der Waals surface area contributed by atoms with Crippen molar-refractivity contribution in [3.05, 3.63) is 12.2 Å². The van der Waals surface area contributed by atoms with Gasteiger partial charge in [-0.05, 0) is 26.7 Å². The Morgan fingerprint density at radius 2 is 1.45 bits per heavy atom. The molecule has 1 saturated heterocycles. The summed E-state index contributed by atoms with van der Waals surface area (Å²) in [4.78, 5) is 0. The Kier molecular flexibility index (Phi) is 9.21. The molecule has 20 heavy (non-hydrogen) atoms. The molecule has 2 nitrogen and oxygen atoms in total. The van der Waals surface area contributed by atoms with Crippen LogP contribution in [0.3, 0.4) is 0 Å². The zero-order valence-electron chi connectivity index (χ0n) is 13.9. The van der Waals surface area contributed by atoms with E-state index >= 15 is 0 Å². The summed E-state index contributed by atoms with van der Waals surface area (Å²) in [5.41, 5.74) is 0. The molecule has 0 aromatic carbocycles. The lowest BCUT2D eigenvalue weighted by atomic mass is 10.1. The molecule has 1 rings (SSSR count). The Hall–Kier alpha value is -0.340. The highest BCUT2D eigenvalue weighted by molar-refractivity contribution is 4.90. The van der Waals surface area contributed by atoms with Gasteiger partial charge in [0.05, 0.1) is 12.2 Å². The van der Waals surface area contributed by atoms with Gasteiger partial charge in [0.1, 0.15) is 0 Å². The molecule has 0 saturated carbocycles.